The van der Waals surface area contributed by atoms with E-state index < -0.39 is 20.8 Å². The number of aryl methyl sites for hydroxylation is 1. The van der Waals surface area contributed by atoms with Crippen LogP contribution in [0.5, 0.6) is 0 Å². The summed E-state index contributed by atoms with van der Waals surface area (Å²) in [7, 11) is -1.35. The molecule has 7 heteroatoms. The van der Waals surface area contributed by atoms with Crippen molar-refractivity contribution in [1.29, 1.82) is 0 Å². The summed E-state index contributed by atoms with van der Waals surface area (Å²) in [6.45, 7) is 4.57. The first-order valence-corrected chi connectivity index (χ1v) is 22.2. The Morgan fingerprint density at radius 1 is 0.849 bits per heavy atom. The fourth-order valence-electron chi connectivity index (χ4n) is 7.52. The molecule has 0 saturated heterocycles. The zero-order valence-corrected chi connectivity index (χ0v) is 33.9. The average Bonchev–Trinajstić information content (AvgIpc) is 3.73. The predicted octanol–water partition coefficient (Wildman–Crippen LogP) is 13.0. The molecule has 1 fully saturated rings. The van der Waals surface area contributed by atoms with Gasteiger partial charge in [0.1, 0.15) is 5.58 Å². The van der Waals surface area contributed by atoms with Crippen molar-refractivity contribution in [1.82, 2.24) is 9.97 Å². The number of hydrogen-bond acceptors (Lipinski definition) is 4. The fraction of sp³-hybridized carbons (Fsp3) is 0.217. The van der Waals surface area contributed by atoms with Crippen LogP contribution in [0.4, 0.5) is 4.39 Å². The fourth-order valence-corrected chi connectivity index (χ4v) is 9.76. The minimum absolute atomic E-state index is 0. The molecule has 0 aliphatic heterocycles. The van der Waals surface area contributed by atoms with Crippen LogP contribution in [0, 0.1) is 24.8 Å². The number of thiophene rings is 1. The molecule has 10 rings (SSSR count). The quantitative estimate of drug-likeness (QED) is 0.101. The van der Waals surface area contributed by atoms with Crippen LogP contribution in [0.3, 0.4) is 0 Å². The number of hydrogen-bond donors (Lipinski definition) is 0. The Kier molecular flexibility index (Phi) is 8.33. The Hall–Kier alpha value is -4.26. The average molecular weight is 911 g/mol. The third-order valence-electron chi connectivity index (χ3n) is 10.3. The van der Waals surface area contributed by atoms with Gasteiger partial charge in [-0.2, -0.15) is 11.3 Å². The van der Waals surface area contributed by atoms with Crippen molar-refractivity contribution in [2.24, 2.45) is 0 Å². The van der Waals surface area contributed by atoms with Crippen molar-refractivity contribution in [3.63, 3.8) is 0 Å². The third-order valence-corrected chi connectivity index (χ3v) is 13.4. The van der Waals surface area contributed by atoms with Gasteiger partial charge in [-0.25, -0.2) is 0 Å². The van der Waals surface area contributed by atoms with Crippen molar-refractivity contribution in [2.75, 3.05) is 0 Å². The second-order valence-corrected chi connectivity index (χ2v) is 21.0. The Balaban J connectivity index is 0.000000201. The molecule has 0 bridgehead atoms. The topological polar surface area (TPSA) is 38.9 Å². The monoisotopic (exact) mass is 911 g/mol. The molecule has 4 heterocycles. The van der Waals surface area contributed by atoms with Gasteiger partial charge in [-0.1, -0.05) is 109 Å². The summed E-state index contributed by atoms with van der Waals surface area (Å²) in [5, 5.41) is 8.88. The summed E-state index contributed by atoms with van der Waals surface area (Å²) in [5.41, 5.74) is 4.40. The van der Waals surface area contributed by atoms with Gasteiger partial charge in [0.15, 0.2) is 0 Å². The number of rotatable bonds is 3. The van der Waals surface area contributed by atoms with E-state index in [2.05, 4.69) is 90.3 Å². The minimum atomic E-state index is -2.33. The van der Waals surface area contributed by atoms with Crippen LogP contribution in [0.2, 0.25) is 19.6 Å². The van der Waals surface area contributed by atoms with Gasteiger partial charge in [-0.3, -0.25) is 4.39 Å². The summed E-state index contributed by atoms with van der Waals surface area (Å²) in [4.78, 5) is 9.14. The summed E-state index contributed by atoms with van der Waals surface area (Å²) in [5.74, 6) is -1.17. The first-order valence-electron chi connectivity index (χ1n) is 19.9. The van der Waals surface area contributed by atoms with Gasteiger partial charge < -0.3 is 14.4 Å². The summed E-state index contributed by atoms with van der Waals surface area (Å²) in [6.07, 6.45) is 7.65. The maximum absolute atomic E-state index is 13.2. The minimum Gasteiger partial charge on any atom is -0.501 e. The zero-order chi connectivity index (χ0) is 39.0. The van der Waals surface area contributed by atoms with Crippen LogP contribution in [-0.4, -0.2) is 18.0 Å². The van der Waals surface area contributed by atoms with Crippen molar-refractivity contribution in [2.45, 2.75) is 64.5 Å². The molecule has 0 N–H and O–H groups in total. The van der Waals surface area contributed by atoms with Crippen LogP contribution in [0.1, 0.15) is 54.6 Å². The Morgan fingerprint density at radius 3 is 2.51 bits per heavy atom. The molecule has 267 valence electrons. The number of aromatic nitrogens is 2. The molecule has 0 spiro atoms. The first kappa shape index (κ1) is 31.1. The first-order chi connectivity index (χ1) is 26.8. The van der Waals surface area contributed by atoms with E-state index in [0.717, 1.165) is 66.7 Å². The van der Waals surface area contributed by atoms with Crippen molar-refractivity contribution in [3.8, 4) is 11.3 Å². The van der Waals surface area contributed by atoms with E-state index >= 15 is 0 Å². The van der Waals surface area contributed by atoms with Crippen molar-refractivity contribution < 1.29 is 34.4 Å². The Bertz CT molecular complexity index is 2990. The van der Waals surface area contributed by atoms with Gasteiger partial charge in [-0.15, -0.1) is 35.7 Å². The van der Waals surface area contributed by atoms with E-state index in [0.29, 0.717) is 35.2 Å². The van der Waals surface area contributed by atoms with E-state index in [1.165, 1.54) is 28.2 Å². The molecule has 9 aromatic rings. The molecule has 1 radical (unpaired) electrons. The molecule has 3 nitrogen and oxygen atoms in total. The predicted molar refractivity (Wildman–Crippen MR) is 220 cm³/mol. The van der Waals surface area contributed by atoms with Gasteiger partial charge >= 0.3 is 0 Å². The van der Waals surface area contributed by atoms with Crippen molar-refractivity contribution >= 4 is 88.4 Å². The van der Waals surface area contributed by atoms with Crippen LogP contribution < -0.4 is 5.19 Å². The molecule has 53 heavy (non-hydrogen) atoms. The third kappa shape index (κ3) is 6.63. The van der Waals surface area contributed by atoms with E-state index in [-0.39, 0.29) is 31.5 Å². The Labute approximate surface area is 333 Å². The van der Waals surface area contributed by atoms with E-state index in [4.69, 9.17) is 8.53 Å². The van der Waals surface area contributed by atoms with Gasteiger partial charge in [0.05, 0.1) is 13.7 Å². The number of furan rings is 1. The zero-order valence-electron chi connectivity index (χ0n) is 33.7. The van der Waals surface area contributed by atoms with E-state index in [9.17, 15) is 5.76 Å². The standard InChI is InChI=1S/C32H26NO.C14H13FNSSi.Ir/c1-20-19-33-30(17-27(20)21-8-3-2-4-9-21)26-13-7-12-25-29-16-23-15-14-22-10-5-6-11-24(22)28(23)18-31(29)34-32(25)26;1-18(2,3)10-7-13-14(16-8-10)11-5-4-9(15)6-12(11)17-13;/h5-7,10-12,14-19,21H,2-4,8-9H2,1H3;4,6-8H,1-3H3;/q2*-1;/i1D3,21D;;. The number of fused-ring (bicyclic) bond motifs is 9. The maximum atomic E-state index is 13.2. The molecule has 1 aliphatic rings. The smallest absolute Gasteiger partial charge is 0.121 e. The SMILES string of the molecule is C[Si](C)(C)c1cnc2c(c1)sc1cc(F)c[c-]c12.[2H]C([2H])([2H])c1cnc(-c2[c-]ccc3c2oc2cc4c(ccc5ccccc54)cc23)cc1C1([2H])CCCCC1.[Ir]. The molecular formula is C46H39FIrN2OSSi-2. The van der Waals surface area contributed by atoms with Gasteiger partial charge in [0, 0.05) is 59.4 Å². The molecule has 0 amide bonds. The van der Waals surface area contributed by atoms with E-state index in [1.54, 1.807) is 17.4 Å². The summed E-state index contributed by atoms with van der Waals surface area (Å²) >= 11 is 1.59. The molecule has 1 aliphatic carbocycles. The van der Waals surface area contributed by atoms with E-state index in [1.807, 2.05) is 30.5 Å². The summed E-state index contributed by atoms with van der Waals surface area (Å²) < 4.78 is 55.3. The number of nitrogens with zero attached hydrogens (tertiary/aromatic N) is 2. The van der Waals surface area contributed by atoms with Crippen LogP contribution in [-0.2, 0) is 20.1 Å². The normalized spacial score (nSPS) is 15.8. The number of halogens is 1. The molecule has 4 aromatic heterocycles. The van der Waals surface area contributed by atoms with Crippen LogP contribution in [0.15, 0.2) is 102 Å². The van der Waals surface area contributed by atoms with Crippen LogP contribution >= 0.6 is 11.3 Å². The van der Waals surface area contributed by atoms with Gasteiger partial charge in [0.25, 0.3) is 0 Å². The molecular weight excluding hydrogens is 868 g/mol. The second kappa shape index (κ2) is 14.2. The van der Waals surface area contributed by atoms with Gasteiger partial charge in [0.2, 0.25) is 0 Å². The number of benzene rings is 5. The summed E-state index contributed by atoms with van der Waals surface area (Å²) in [6, 6.07) is 34.0. The largest absolute Gasteiger partial charge is 0.501 e. The molecule has 0 atom stereocenters. The maximum Gasteiger partial charge on any atom is 0.121 e. The molecule has 1 saturated carbocycles. The molecule has 0 unspecified atom stereocenters. The Morgan fingerprint density at radius 2 is 1.68 bits per heavy atom. The van der Waals surface area contributed by atoms with Crippen LogP contribution in [0.25, 0.3) is 75.0 Å². The molecule has 5 aromatic carbocycles. The van der Waals surface area contributed by atoms with Crippen molar-refractivity contribution in [3.05, 3.63) is 126 Å². The number of pyridine rings is 2. The second-order valence-electron chi connectivity index (χ2n) is 14.8. The van der Waals surface area contributed by atoms with Gasteiger partial charge in [-0.05, 0) is 81.3 Å².